The Morgan fingerprint density at radius 1 is 0.952 bits per heavy atom. The van der Waals surface area contributed by atoms with Crippen molar-refractivity contribution in [3.05, 3.63) is 70.3 Å². The van der Waals surface area contributed by atoms with Gasteiger partial charge in [0.25, 0.3) is 5.91 Å². The summed E-state index contributed by atoms with van der Waals surface area (Å²) in [6.07, 6.45) is 0. The van der Waals surface area contributed by atoms with Crippen molar-refractivity contribution in [3.8, 4) is 0 Å². The van der Waals surface area contributed by atoms with Crippen LogP contribution in [0.15, 0.2) is 47.6 Å². The van der Waals surface area contributed by atoms with Gasteiger partial charge >= 0.3 is 0 Å². The smallest absolute Gasteiger partial charge is 0.267 e. The van der Waals surface area contributed by atoms with Crippen LogP contribution in [0.5, 0.6) is 0 Å². The van der Waals surface area contributed by atoms with Gasteiger partial charge in [0, 0.05) is 5.56 Å². The van der Waals surface area contributed by atoms with Gasteiger partial charge < -0.3 is 0 Å². The lowest BCUT2D eigenvalue weighted by Crippen LogP contribution is -2.19. The summed E-state index contributed by atoms with van der Waals surface area (Å²) < 4.78 is 0. The van der Waals surface area contributed by atoms with Crippen molar-refractivity contribution in [2.75, 3.05) is 0 Å². The Hall–Kier alpha value is -2.42. The first-order valence-electron chi connectivity index (χ1n) is 6.96. The third kappa shape index (κ3) is 3.78. The first-order valence-corrected chi connectivity index (χ1v) is 6.96. The minimum atomic E-state index is -0.190. The van der Waals surface area contributed by atoms with Crippen molar-refractivity contribution in [2.45, 2.75) is 27.7 Å². The SMILES string of the molecule is C/C(=N\NC(=O)c1ccc(C)c(C)c1)c1cccc(C)c1. The summed E-state index contributed by atoms with van der Waals surface area (Å²) >= 11 is 0. The Labute approximate surface area is 125 Å². The fourth-order valence-electron chi connectivity index (χ4n) is 2.02. The number of carbonyl (C=O) groups is 1. The number of hydrazone groups is 1. The standard InChI is InChI=1S/C18H20N2O/c1-12-6-5-7-16(10-12)15(4)19-20-18(21)17-9-8-13(2)14(3)11-17/h5-11H,1-4H3,(H,20,21)/b19-15+. The predicted molar refractivity (Wildman–Crippen MR) is 86.8 cm³/mol. The molecule has 0 spiro atoms. The zero-order valence-electron chi connectivity index (χ0n) is 12.9. The van der Waals surface area contributed by atoms with Gasteiger partial charge in [0.2, 0.25) is 0 Å². The fraction of sp³-hybridized carbons (Fsp3) is 0.222. The van der Waals surface area contributed by atoms with Crippen molar-refractivity contribution < 1.29 is 4.79 Å². The largest absolute Gasteiger partial charge is 0.271 e. The molecular formula is C18H20N2O. The molecule has 1 N–H and O–H groups in total. The van der Waals surface area contributed by atoms with Gasteiger partial charge in [-0.25, -0.2) is 5.43 Å². The average Bonchev–Trinajstić information content (AvgIpc) is 2.47. The van der Waals surface area contributed by atoms with E-state index in [1.807, 2.05) is 70.2 Å². The van der Waals surface area contributed by atoms with Gasteiger partial charge in [0.05, 0.1) is 5.71 Å². The summed E-state index contributed by atoms with van der Waals surface area (Å²) in [7, 11) is 0. The van der Waals surface area contributed by atoms with Crippen LogP contribution in [0.25, 0.3) is 0 Å². The lowest BCUT2D eigenvalue weighted by Gasteiger charge is -2.06. The van der Waals surface area contributed by atoms with Crippen LogP contribution in [0.2, 0.25) is 0 Å². The van der Waals surface area contributed by atoms with Crippen LogP contribution in [0.3, 0.4) is 0 Å². The van der Waals surface area contributed by atoms with Gasteiger partial charge in [-0.15, -0.1) is 0 Å². The van der Waals surface area contributed by atoms with E-state index in [0.29, 0.717) is 5.56 Å². The molecule has 2 aromatic rings. The van der Waals surface area contributed by atoms with E-state index < -0.39 is 0 Å². The van der Waals surface area contributed by atoms with Gasteiger partial charge in [-0.3, -0.25) is 4.79 Å². The maximum atomic E-state index is 12.1. The maximum absolute atomic E-state index is 12.1. The molecule has 0 bridgehead atoms. The molecular weight excluding hydrogens is 260 g/mol. The third-order valence-electron chi connectivity index (χ3n) is 3.53. The lowest BCUT2D eigenvalue weighted by atomic mass is 10.1. The average molecular weight is 280 g/mol. The minimum Gasteiger partial charge on any atom is -0.267 e. The quantitative estimate of drug-likeness (QED) is 0.675. The number of nitrogens with zero attached hydrogens (tertiary/aromatic N) is 1. The third-order valence-corrected chi connectivity index (χ3v) is 3.53. The van der Waals surface area contributed by atoms with Gasteiger partial charge in [-0.2, -0.15) is 5.10 Å². The first kappa shape index (κ1) is 15.0. The van der Waals surface area contributed by atoms with Crippen molar-refractivity contribution >= 4 is 11.6 Å². The Kier molecular flexibility index (Phi) is 4.53. The Morgan fingerprint density at radius 3 is 2.38 bits per heavy atom. The molecule has 0 fully saturated rings. The van der Waals surface area contributed by atoms with Crippen LogP contribution in [0.1, 0.15) is 39.5 Å². The molecule has 21 heavy (non-hydrogen) atoms. The van der Waals surface area contributed by atoms with E-state index in [0.717, 1.165) is 16.8 Å². The molecule has 0 aliphatic rings. The van der Waals surface area contributed by atoms with Gasteiger partial charge in [-0.05, 0) is 56.5 Å². The Balaban J connectivity index is 2.12. The highest BCUT2D eigenvalue weighted by molar-refractivity contribution is 6.01. The number of aryl methyl sites for hydroxylation is 3. The second-order valence-electron chi connectivity index (χ2n) is 5.31. The summed E-state index contributed by atoms with van der Waals surface area (Å²) in [6, 6.07) is 13.7. The number of carbonyl (C=O) groups excluding carboxylic acids is 1. The number of nitrogens with one attached hydrogen (secondary N) is 1. The van der Waals surface area contributed by atoms with Crippen molar-refractivity contribution in [2.24, 2.45) is 5.10 Å². The zero-order valence-corrected chi connectivity index (χ0v) is 12.9. The fourth-order valence-corrected chi connectivity index (χ4v) is 2.02. The molecule has 2 aromatic carbocycles. The number of rotatable bonds is 3. The molecule has 3 nitrogen and oxygen atoms in total. The summed E-state index contributed by atoms with van der Waals surface area (Å²) in [6.45, 7) is 7.93. The van der Waals surface area contributed by atoms with Crippen LogP contribution in [-0.4, -0.2) is 11.6 Å². The molecule has 108 valence electrons. The van der Waals surface area contributed by atoms with Gasteiger partial charge in [-0.1, -0.05) is 35.9 Å². The van der Waals surface area contributed by atoms with Crippen LogP contribution in [0.4, 0.5) is 0 Å². The molecule has 0 saturated carbocycles. The van der Waals surface area contributed by atoms with Crippen molar-refractivity contribution in [1.29, 1.82) is 0 Å². The normalized spacial score (nSPS) is 11.3. The van der Waals surface area contributed by atoms with Crippen LogP contribution < -0.4 is 5.43 Å². The number of hydrogen-bond acceptors (Lipinski definition) is 2. The second-order valence-corrected chi connectivity index (χ2v) is 5.31. The highest BCUT2D eigenvalue weighted by atomic mass is 16.2. The topological polar surface area (TPSA) is 41.5 Å². The van der Waals surface area contributed by atoms with Crippen molar-refractivity contribution in [1.82, 2.24) is 5.43 Å². The van der Waals surface area contributed by atoms with Crippen molar-refractivity contribution in [3.63, 3.8) is 0 Å². The van der Waals surface area contributed by atoms with Crippen LogP contribution in [0, 0.1) is 20.8 Å². The molecule has 0 aliphatic carbocycles. The summed E-state index contributed by atoms with van der Waals surface area (Å²) in [5.74, 6) is -0.190. The molecule has 0 aliphatic heterocycles. The van der Waals surface area contributed by atoms with E-state index >= 15 is 0 Å². The van der Waals surface area contributed by atoms with E-state index in [1.165, 1.54) is 11.1 Å². The maximum Gasteiger partial charge on any atom is 0.271 e. The first-order chi connectivity index (χ1) is 9.97. The van der Waals surface area contributed by atoms with Gasteiger partial charge in [0.1, 0.15) is 0 Å². The Morgan fingerprint density at radius 2 is 1.71 bits per heavy atom. The second kappa shape index (κ2) is 6.35. The van der Waals surface area contributed by atoms with Gasteiger partial charge in [0.15, 0.2) is 0 Å². The summed E-state index contributed by atoms with van der Waals surface area (Å²) in [5.41, 5.74) is 8.47. The number of benzene rings is 2. The molecule has 0 radical (unpaired) electrons. The molecule has 0 atom stereocenters. The van der Waals surface area contributed by atoms with E-state index in [2.05, 4.69) is 10.5 Å². The highest BCUT2D eigenvalue weighted by Crippen LogP contribution is 2.10. The zero-order chi connectivity index (χ0) is 15.4. The molecule has 0 aromatic heterocycles. The van der Waals surface area contributed by atoms with E-state index in [4.69, 9.17) is 0 Å². The monoisotopic (exact) mass is 280 g/mol. The van der Waals surface area contributed by atoms with Crippen LogP contribution >= 0.6 is 0 Å². The molecule has 3 heteroatoms. The number of hydrogen-bond donors (Lipinski definition) is 1. The highest BCUT2D eigenvalue weighted by Gasteiger charge is 2.06. The predicted octanol–water partition coefficient (Wildman–Crippen LogP) is 3.77. The molecule has 0 saturated heterocycles. The van der Waals surface area contributed by atoms with Crippen LogP contribution in [-0.2, 0) is 0 Å². The minimum absolute atomic E-state index is 0.190. The molecule has 2 rings (SSSR count). The summed E-state index contributed by atoms with van der Waals surface area (Å²) in [5, 5.41) is 4.18. The Bertz CT molecular complexity index is 702. The molecule has 1 amide bonds. The lowest BCUT2D eigenvalue weighted by molar-refractivity contribution is 0.0954. The molecule has 0 unspecified atom stereocenters. The molecule has 0 heterocycles. The van der Waals surface area contributed by atoms with E-state index in [-0.39, 0.29) is 5.91 Å². The van der Waals surface area contributed by atoms with E-state index in [1.54, 1.807) is 0 Å². The number of amides is 1. The van der Waals surface area contributed by atoms with E-state index in [9.17, 15) is 4.79 Å². The summed E-state index contributed by atoms with van der Waals surface area (Å²) in [4.78, 5) is 12.1.